The second kappa shape index (κ2) is 6.80. The Morgan fingerprint density at radius 1 is 1.08 bits per heavy atom. The molecular formula is C18H16N2O3S. The Balaban J connectivity index is 2.08. The summed E-state index contributed by atoms with van der Waals surface area (Å²) >= 11 is 5.41. The van der Waals surface area contributed by atoms with Crippen LogP contribution in [-0.2, 0) is 9.59 Å². The number of carbonyl (C=O) groups is 2. The molecular weight excluding hydrogens is 324 g/mol. The van der Waals surface area contributed by atoms with Gasteiger partial charge in [0.05, 0.1) is 12.0 Å². The highest BCUT2D eigenvalue weighted by Gasteiger charge is 2.39. The second-order valence-corrected chi connectivity index (χ2v) is 5.65. The zero-order chi connectivity index (χ0) is 17.1. The van der Waals surface area contributed by atoms with E-state index in [1.807, 2.05) is 25.1 Å². The molecule has 1 aliphatic rings. The Kier molecular flexibility index (Phi) is 4.57. The summed E-state index contributed by atoms with van der Waals surface area (Å²) in [6.45, 7) is 2.40. The summed E-state index contributed by atoms with van der Waals surface area (Å²) in [6.07, 6.45) is 3.69. The fraction of sp³-hybridized carbons (Fsp3) is 0.167. The van der Waals surface area contributed by atoms with Gasteiger partial charge in [-0.1, -0.05) is 25.1 Å². The average molecular weight is 340 g/mol. The molecule has 0 unspecified atom stereocenters. The summed E-state index contributed by atoms with van der Waals surface area (Å²) in [7, 11) is 0. The molecule has 0 atom stereocenters. The molecule has 3 rings (SSSR count). The lowest BCUT2D eigenvalue weighted by molar-refractivity contribution is -0.127. The van der Waals surface area contributed by atoms with Crippen molar-refractivity contribution in [2.24, 2.45) is 0 Å². The van der Waals surface area contributed by atoms with Crippen LogP contribution in [0.15, 0.2) is 58.7 Å². The molecule has 2 aromatic rings. The SMILES string of the molecule is CCCN1C(=O)/C(=C\c2ccco2)C(=O)N(c2ccccc2)C1=S. The van der Waals surface area contributed by atoms with Crippen LogP contribution < -0.4 is 4.90 Å². The van der Waals surface area contributed by atoms with Crippen molar-refractivity contribution >= 4 is 40.9 Å². The molecule has 1 aromatic carbocycles. The van der Waals surface area contributed by atoms with Crippen molar-refractivity contribution in [2.45, 2.75) is 13.3 Å². The van der Waals surface area contributed by atoms with E-state index in [1.54, 1.807) is 24.3 Å². The topological polar surface area (TPSA) is 53.8 Å². The molecule has 1 fully saturated rings. The molecule has 24 heavy (non-hydrogen) atoms. The van der Waals surface area contributed by atoms with Gasteiger partial charge >= 0.3 is 0 Å². The van der Waals surface area contributed by atoms with Gasteiger partial charge in [0.1, 0.15) is 11.3 Å². The maximum absolute atomic E-state index is 12.9. The van der Waals surface area contributed by atoms with Crippen molar-refractivity contribution in [1.82, 2.24) is 4.90 Å². The predicted molar refractivity (Wildman–Crippen MR) is 95.2 cm³/mol. The van der Waals surface area contributed by atoms with Gasteiger partial charge in [-0.15, -0.1) is 0 Å². The van der Waals surface area contributed by atoms with E-state index in [0.29, 0.717) is 18.0 Å². The van der Waals surface area contributed by atoms with Gasteiger partial charge in [-0.25, -0.2) is 0 Å². The van der Waals surface area contributed by atoms with Crippen LogP contribution in [0.2, 0.25) is 0 Å². The smallest absolute Gasteiger partial charge is 0.270 e. The zero-order valence-electron chi connectivity index (χ0n) is 13.1. The number of anilines is 1. The van der Waals surface area contributed by atoms with E-state index in [0.717, 1.165) is 6.42 Å². The summed E-state index contributed by atoms with van der Waals surface area (Å²) in [6, 6.07) is 12.5. The number of amides is 2. The van der Waals surface area contributed by atoms with Crippen LogP contribution in [0.25, 0.3) is 6.08 Å². The molecule has 5 nitrogen and oxygen atoms in total. The monoisotopic (exact) mass is 340 g/mol. The van der Waals surface area contributed by atoms with E-state index in [1.165, 1.54) is 22.1 Å². The van der Waals surface area contributed by atoms with E-state index in [4.69, 9.17) is 16.6 Å². The second-order valence-electron chi connectivity index (χ2n) is 5.29. The number of hydrogen-bond donors (Lipinski definition) is 0. The van der Waals surface area contributed by atoms with Gasteiger partial charge in [-0.2, -0.15) is 0 Å². The highest BCUT2D eigenvalue weighted by molar-refractivity contribution is 7.80. The quantitative estimate of drug-likeness (QED) is 0.487. The summed E-state index contributed by atoms with van der Waals surface area (Å²) in [5.74, 6) is -0.389. The molecule has 2 amide bonds. The van der Waals surface area contributed by atoms with Gasteiger partial charge in [0, 0.05) is 6.54 Å². The van der Waals surface area contributed by atoms with Gasteiger partial charge in [-0.3, -0.25) is 19.4 Å². The Morgan fingerprint density at radius 3 is 2.46 bits per heavy atom. The van der Waals surface area contributed by atoms with Crippen LogP contribution in [0.5, 0.6) is 0 Å². The standard InChI is InChI=1S/C18H16N2O3S/c1-2-10-19-16(21)15(12-14-9-6-11-23-14)17(22)20(18(19)24)13-7-4-3-5-8-13/h3-9,11-12H,2,10H2,1H3/b15-12+. The third kappa shape index (κ3) is 2.88. The number of carbonyl (C=O) groups excluding carboxylic acids is 2. The average Bonchev–Trinajstić information content (AvgIpc) is 3.10. The van der Waals surface area contributed by atoms with Crippen LogP contribution >= 0.6 is 12.2 Å². The van der Waals surface area contributed by atoms with Gasteiger partial charge in [0.15, 0.2) is 5.11 Å². The highest BCUT2D eigenvalue weighted by atomic mass is 32.1. The molecule has 1 aromatic heterocycles. The fourth-order valence-electron chi connectivity index (χ4n) is 2.52. The minimum absolute atomic E-state index is 0.0378. The molecule has 0 radical (unpaired) electrons. The van der Waals surface area contributed by atoms with Crippen molar-refractivity contribution in [1.29, 1.82) is 0 Å². The minimum atomic E-state index is -0.444. The molecule has 1 saturated heterocycles. The molecule has 0 N–H and O–H groups in total. The number of para-hydroxylation sites is 1. The summed E-state index contributed by atoms with van der Waals surface area (Å²) in [4.78, 5) is 28.5. The van der Waals surface area contributed by atoms with E-state index < -0.39 is 11.8 Å². The van der Waals surface area contributed by atoms with Crippen molar-refractivity contribution in [3.63, 3.8) is 0 Å². The van der Waals surface area contributed by atoms with Gasteiger partial charge < -0.3 is 4.42 Å². The Bertz CT molecular complexity index is 797. The van der Waals surface area contributed by atoms with E-state index in [-0.39, 0.29) is 10.7 Å². The predicted octanol–water partition coefficient (Wildman–Crippen LogP) is 3.23. The van der Waals surface area contributed by atoms with Crippen LogP contribution in [0.3, 0.4) is 0 Å². The van der Waals surface area contributed by atoms with Crippen LogP contribution in [0, 0.1) is 0 Å². The number of thiocarbonyl (C=S) groups is 1. The zero-order valence-corrected chi connectivity index (χ0v) is 14.0. The molecule has 6 heteroatoms. The van der Waals surface area contributed by atoms with E-state index in [2.05, 4.69) is 0 Å². The number of rotatable bonds is 4. The number of nitrogens with zero attached hydrogens (tertiary/aromatic N) is 2. The van der Waals surface area contributed by atoms with Gasteiger partial charge in [0.25, 0.3) is 11.8 Å². The molecule has 0 spiro atoms. The Labute approximate surface area is 145 Å². The first kappa shape index (κ1) is 16.1. The Hall–Kier alpha value is -2.73. The normalized spacial score (nSPS) is 17.0. The molecule has 122 valence electrons. The lowest BCUT2D eigenvalue weighted by Gasteiger charge is -2.36. The first-order valence-corrected chi connectivity index (χ1v) is 8.05. The fourth-order valence-corrected chi connectivity index (χ4v) is 2.88. The van der Waals surface area contributed by atoms with Gasteiger partial charge in [-0.05, 0) is 49.0 Å². The lowest BCUT2D eigenvalue weighted by atomic mass is 10.1. The third-order valence-corrected chi connectivity index (χ3v) is 4.03. The number of benzene rings is 1. The van der Waals surface area contributed by atoms with E-state index >= 15 is 0 Å². The van der Waals surface area contributed by atoms with Crippen LogP contribution in [0.4, 0.5) is 5.69 Å². The first-order valence-electron chi connectivity index (χ1n) is 7.64. The van der Waals surface area contributed by atoms with Crippen molar-refractivity contribution in [2.75, 3.05) is 11.4 Å². The lowest BCUT2D eigenvalue weighted by Crippen LogP contribution is -2.56. The first-order chi connectivity index (χ1) is 11.6. The largest absolute Gasteiger partial charge is 0.465 e. The number of hydrogen-bond acceptors (Lipinski definition) is 4. The molecule has 0 aliphatic carbocycles. The minimum Gasteiger partial charge on any atom is -0.465 e. The van der Waals surface area contributed by atoms with Gasteiger partial charge in [0.2, 0.25) is 0 Å². The molecule has 1 aliphatic heterocycles. The van der Waals surface area contributed by atoms with Crippen molar-refractivity contribution in [3.8, 4) is 0 Å². The Morgan fingerprint density at radius 2 is 1.83 bits per heavy atom. The highest BCUT2D eigenvalue weighted by Crippen LogP contribution is 2.26. The van der Waals surface area contributed by atoms with Crippen LogP contribution in [-0.4, -0.2) is 28.4 Å². The number of furan rings is 1. The van der Waals surface area contributed by atoms with Crippen molar-refractivity contribution < 1.29 is 14.0 Å². The maximum atomic E-state index is 12.9. The molecule has 0 bridgehead atoms. The maximum Gasteiger partial charge on any atom is 0.270 e. The van der Waals surface area contributed by atoms with E-state index in [9.17, 15) is 9.59 Å². The summed E-state index contributed by atoms with van der Waals surface area (Å²) in [5.41, 5.74) is 0.669. The summed E-state index contributed by atoms with van der Waals surface area (Å²) < 4.78 is 5.25. The third-order valence-electron chi connectivity index (χ3n) is 3.62. The van der Waals surface area contributed by atoms with Crippen molar-refractivity contribution in [3.05, 3.63) is 60.1 Å². The summed E-state index contributed by atoms with van der Waals surface area (Å²) in [5, 5.41) is 0.203. The van der Waals surface area contributed by atoms with Crippen LogP contribution in [0.1, 0.15) is 19.1 Å². The molecule has 0 saturated carbocycles. The molecule has 2 heterocycles.